The van der Waals surface area contributed by atoms with Crippen LogP contribution in [0.4, 0.5) is 13.2 Å². The molecule has 0 radical (unpaired) electrons. The Morgan fingerprint density at radius 3 is 2.21 bits per heavy atom. The van der Waals surface area contributed by atoms with Crippen molar-refractivity contribution in [2.75, 3.05) is 20.3 Å². The Morgan fingerprint density at radius 2 is 1.74 bits per heavy atom. The second-order valence-corrected chi connectivity index (χ2v) is 4.81. The number of halogens is 3. The SMILES string of the molecule is COCC(C)CNC(C)c1ccc(C(F)(F)F)cc1. The minimum atomic E-state index is -4.28. The van der Waals surface area contributed by atoms with E-state index in [1.165, 1.54) is 12.1 Å². The molecule has 108 valence electrons. The summed E-state index contributed by atoms with van der Waals surface area (Å²) in [5.74, 6) is 0.363. The Morgan fingerprint density at radius 1 is 1.16 bits per heavy atom. The number of hydrogen-bond acceptors (Lipinski definition) is 2. The summed E-state index contributed by atoms with van der Waals surface area (Å²) < 4.78 is 42.3. The van der Waals surface area contributed by atoms with Gasteiger partial charge >= 0.3 is 6.18 Å². The third kappa shape index (κ3) is 5.20. The zero-order chi connectivity index (χ0) is 14.5. The molecular weight excluding hydrogens is 255 g/mol. The van der Waals surface area contributed by atoms with Crippen LogP contribution in [0.1, 0.15) is 31.0 Å². The Balaban J connectivity index is 2.56. The van der Waals surface area contributed by atoms with Crippen LogP contribution >= 0.6 is 0 Å². The summed E-state index contributed by atoms with van der Waals surface area (Å²) in [7, 11) is 1.65. The molecule has 0 saturated heterocycles. The lowest BCUT2D eigenvalue weighted by Crippen LogP contribution is -2.26. The fourth-order valence-corrected chi connectivity index (χ4v) is 1.80. The van der Waals surface area contributed by atoms with Crippen LogP contribution in [0.5, 0.6) is 0 Å². The standard InChI is InChI=1S/C14H20F3NO/c1-10(9-19-3)8-18-11(2)12-4-6-13(7-5-12)14(15,16)17/h4-7,10-11,18H,8-9H2,1-3H3. The van der Waals surface area contributed by atoms with Gasteiger partial charge in [0.05, 0.1) is 5.56 Å². The van der Waals surface area contributed by atoms with E-state index in [2.05, 4.69) is 12.2 Å². The van der Waals surface area contributed by atoms with Gasteiger partial charge in [-0.05, 0) is 30.5 Å². The van der Waals surface area contributed by atoms with Crippen LogP contribution in [-0.2, 0) is 10.9 Å². The van der Waals surface area contributed by atoms with Crippen molar-refractivity contribution >= 4 is 0 Å². The van der Waals surface area contributed by atoms with Crippen molar-refractivity contribution in [3.8, 4) is 0 Å². The number of benzene rings is 1. The summed E-state index contributed by atoms with van der Waals surface area (Å²) >= 11 is 0. The Kier molecular flexibility index (Phi) is 5.82. The average molecular weight is 275 g/mol. The van der Waals surface area contributed by atoms with Crippen LogP contribution in [0.3, 0.4) is 0 Å². The first-order valence-corrected chi connectivity index (χ1v) is 6.24. The predicted octanol–water partition coefficient (Wildman–Crippen LogP) is 3.64. The smallest absolute Gasteiger partial charge is 0.384 e. The molecule has 2 nitrogen and oxygen atoms in total. The minimum Gasteiger partial charge on any atom is -0.384 e. The highest BCUT2D eigenvalue weighted by Crippen LogP contribution is 2.29. The lowest BCUT2D eigenvalue weighted by molar-refractivity contribution is -0.137. The molecule has 1 N–H and O–H groups in total. The zero-order valence-corrected chi connectivity index (χ0v) is 11.4. The lowest BCUT2D eigenvalue weighted by Gasteiger charge is -2.18. The summed E-state index contributed by atoms with van der Waals surface area (Å²) in [6.07, 6.45) is -4.28. The van der Waals surface area contributed by atoms with Crippen molar-refractivity contribution in [3.63, 3.8) is 0 Å². The molecule has 1 aromatic carbocycles. The first kappa shape index (κ1) is 16.0. The lowest BCUT2D eigenvalue weighted by atomic mass is 10.1. The molecule has 0 saturated carbocycles. The maximum Gasteiger partial charge on any atom is 0.416 e. The van der Waals surface area contributed by atoms with Gasteiger partial charge in [-0.1, -0.05) is 19.1 Å². The molecule has 1 rings (SSSR count). The highest BCUT2D eigenvalue weighted by molar-refractivity contribution is 5.26. The van der Waals surface area contributed by atoms with Crippen LogP contribution in [0, 0.1) is 5.92 Å². The number of methoxy groups -OCH3 is 1. The van der Waals surface area contributed by atoms with E-state index in [0.29, 0.717) is 12.5 Å². The molecule has 0 heterocycles. The van der Waals surface area contributed by atoms with E-state index in [1.807, 2.05) is 6.92 Å². The number of alkyl halides is 3. The largest absolute Gasteiger partial charge is 0.416 e. The first-order valence-electron chi connectivity index (χ1n) is 6.24. The fraction of sp³-hybridized carbons (Fsp3) is 0.571. The fourth-order valence-electron chi connectivity index (χ4n) is 1.80. The molecule has 0 aliphatic carbocycles. The highest BCUT2D eigenvalue weighted by Gasteiger charge is 2.30. The molecule has 0 amide bonds. The maximum absolute atomic E-state index is 12.4. The highest BCUT2D eigenvalue weighted by atomic mass is 19.4. The third-order valence-electron chi connectivity index (χ3n) is 2.96. The molecule has 1 aromatic rings. The van der Waals surface area contributed by atoms with Gasteiger partial charge in [-0.3, -0.25) is 0 Å². The summed E-state index contributed by atoms with van der Waals surface area (Å²) in [5.41, 5.74) is 0.230. The molecule has 19 heavy (non-hydrogen) atoms. The van der Waals surface area contributed by atoms with Crippen molar-refractivity contribution in [1.82, 2.24) is 5.32 Å². The molecule has 0 bridgehead atoms. The van der Waals surface area contributed by atoms with E-state index >= 15 is 0 Å². The van der Waals surface area contributed by atoms with Gasteiger partial charge < -0.3 is 10.1 Å². The second-order valence-electron chi connectivity index (χ2n) is 4.81. The molecular formula is C14H20F3NO. The van der Waals surface area contributed by atoms with Crippen LogP contribution in [0.15, 0.2) is 24.3 Å². The summed E-state index contributed by atoms with van der Waals surface area (Å²) in [5, 5.41) is 3.28. The molecule has 0 aliphatic heterocycles. The molecule has 2 unspecified atom stereocenters. The molecule has 0 aromatic heterocycles. The summed E-state index contributed by atoms with van der Waals surface area (Å²) in [6.45, 7) is 5.40. The molecule has 2 atom stereocenters. The van der Waals surface area contributed by atoms with Crippen molar-refractivity contribution in [1.29, 1.82) is 0 Å². The number of rotatable bonds is 6. The van der Waals surface area contributed by atoms with E-state index in [-0.39, 0.29) is 6.04 Å². The Labute approximate surface area is 112 Å². The predicted molar refractivity (Wildman–Crippen MR) is 68.9 cm³/mol. The van der Waals surface area contributed by atoms with Crippen LogP contribution < -0.4 is 5.32 Å². The first-order chi connectivity index (χ1) is 8.84. The van der Waals surface area contributed by atoms with Gasteiger partial charge in [-0.15, -0.1) is 0 Å². The minimum absolute atomic E-state index is 0.0154. The van der Waals surface area contributed by atoms with Crippen LogP contribution in [0.25, 0.3) is 0 Å². The van der Waals surface area contributed by atoms with Crippen molar-refractivity contribution in [2.45, 2.75) is 26.1 Å². The monoisotopic (exact) mass is 275 g/mol. The van der Waals surface area contributed by atoms with E-state index in [0.717, 1.165) is 24.2 Å². The molecule has 0 spiro atoms. The number of nitrogens with one attached hydrogen (secondary N) is 1. The van der Waals surface area contributed by atoms with E-state index in [1.54, 1.807) is 7.11 Å². The average Bonchev–Trinajstić information content (AvgIpc) is 2.35. The maximum atomic E-state index is 12.4. The van der Waals surface area contributed by atoms with Crippen LogP contribution in [-0.4, -0.2) is 20.3 Å². The normalized spacial score (nSPS) is 15.3. The second kappa shape index (κ2) is 6.91. The summed E-state index contributed by atoms with van der Waals surface area (Å²) in [6, 6.07) is 5.28. The van der Waals surface area contributed by atoms with Gasteiger partial charge in [0.15, 0.2) is 0 Å². The van der Waals surface area contributed by atoms with Gasteiger partial charge in [0.1, 0.15) is 0 Å². The molecule has 0 aliphatic rings. The Bertz CT molecular complexity index is 375. The third-order valence-corrected chi connectivity index (χ3v) is 2.96. The molecule has 0 fully saturated rings. The van der Waals surface area contributed by atoms with Gasteiger partial charge in [-0.25, -0.2) is 0 Å². The van der Waals surface area contributed by atoms with Crippen molar-refractivity contribution in [2.24, 2.45) is 5.92 Å². The van der Waals surface area contributed by atoms with Gasteiger partial charge in [-0.2, -0.15) is 13.2 Å². The topological polar surface area (TPSA) is 21.3 Å². The van der Waals surface area contributed by atoms with E-state index in [4.69, 9.17) is 4.74 Å². The van der Waals surface area contributed by atoms with Crippen molar-refractivity contribution in [3.05, 3.63) is 35.4 Å². The van der Waals surface area contributed by atoms with Gasteiger partial charge in [0.25, 0.3) is 0 Å². The molecule has 5 heteroatoms. The Hall–Kier alpha value is -1.07. The van der Waals surface area contributed by atoms with Gasteiger partial charge in [0, 0.05) is 26.3 Å². The zero-order valence-electron chi connectivity index (χ0n) is 11.4. The number of hydrogen-bond donors (Lipinski definition) is 1. The van der Waals surface area contributed by atoms with E-state index < -0.39 is 11.7 Å². The van der Waals surface area contributed by atoms with E-state index in [9.17, 15) is 13.2 Å². The summed E-state index contributed by atoms with van der Waals surface area (Å²) in [4.78, 5) is 0. The quantitative estimate of drug-likeness (QED) is 0.856. The van der Waals surface area contributed by atoms with Crippen molar-refractivity contribution < 1.29 is 17.9 Å². The van der Waals surface area contributed by atoms with Crippen LogP contribution in [0.2, 0.25) is 0 Å². The van der Waals surface area contributed by atoms with Gasteiger partial charge in [0.2, 0.25) is 0 Å². The number of ether oxygens (including phenoxy) is 1.